The van der Waals surface area contributed by atoms with Gasteiger partial charge in [0.25, 0.3) is 0 Å². The first-order chi connectivity index (χ1) is 10.9. The number of para-hydroxylation sites is 2. The minimum absolute atomic E-state index is 0.568. The molecule has 1 N–H and O–H groups in total. The number of methoxy groups -OCH3 is 1. The normalized spacial score (nSPS) is 10.8. The van der Waals surface area contributed by atoms with Gasteiger partial charge in [-0.15, -0.1) is 0 Å². The summed E-state index contributed by atoms with van der Waals surface area (Å²) in [6, 6.07) is 15.8. The van der Waals surface area contributed by atoms with E-state index in [1.807, 2.05) is 42.5 Å². The van der Waals surface area contributed by atoms with Gasteiger partial charge in [-0.3, -0.25) is 0 Å². The Morgan fingerprint density at radius 2 is 1.77 bits per heavy atom. The molecule has 0 bridgehead atoms. The highest BCUT2D eigenvalue weighted by Crippen LogP contribution is 2.25. The number of rotatable bonds is 7. The van der Waals surface area contributed by atoms with E-state index in [4.69, 9.17) is 13.9 Å². The van der Waals surface area contributed by atoms with Gasteiger partial charge in [0.15, 0.2) is 11.5 Å². The molecule has 1 aromatic heterocycles. The van der Waals surface area contributed by atoms with Crippen LogP contribution in [0.2, 0.25) is 0 Å². The molecule has 4 nitrogen and oxygen atoms in total. The third kappa shape index (κ3) is 3.23. The van der Waals surface area contributed by atoms with Gasteiger partial charge in [0.2, 0.25) is 0 Å². The van der Waals surface area contributed by atoms with Crippen molar-refractivity contribution < 1.29 is 13.9 Å². The summed E-state index contributed by atoms with van der Waals surface area (Å²) in [5.74, 6) is 2.46. The fourth-order valence-corrected chi connectivity index (χ4v) is 2.36. The van der Waals surface area contributed by atoms with Crippen LogP contribution in [0.4, 0.5) is 0 Å². The Morgan fingerprint density at radius 3 is 2.64 bits per heavy atom. The van der Waals surface area contributed by atoms with Crippen molar-refractivity contribution in [3.63, 3.8) is 0 Å². The molecule has 0 aliphatic rings. The fourth-order valence-electron chi connectivity index (χ4n) is 2.36. The van der Waals surface area contributed by atoms with Crippen LogP contribution in [0.15, 0.2) is 59.2 Å². The Balaban J connectivity index is 1.48. The second kappa shape index (κ2) is 7.00. The van der Waals surface area contributed by atoms with Gasteiger partial charge in [0, 0.05) is 17.3 Å². The van der Waals surface area contributed by atoms with Crippen molar-refractivity contribution in [1.29, 1.82) is 0 Å². The third-order valence-corrected chi connectivity index (χ3v) is 3.48. The molecular formula is C18H19NO3. The molecule has 0 aliphatic carbocycles. The quantitative estimate of drug-likeness (QED) is 0.677. The van der Waals surface area contributed by atoms with Crippen LogP contribution in [0, 0.1) is 0 Å². The molecule has 2 aromatic carbocycles. The van der Waals surface area contributed by atoms with Crippen LogP contribution in [0.1, 0.15) is 5.76 Å². The van der Waals surface area contributed by atoms with Gasteiger partial charge < -0.3 is 19.2 Å². The minimum atomic E-state index is 0.568. The molecule has 0 saturated carbocycles. The number of ether oxygens (including phenoxy) is 2. The smallest absolute Gasteiger partial charge is 0.161 e. The summed E-state index contributed by atoms with van der Waals surface area (Å²) in [6.07, 6.45) is 1.79. The van der Waals surface area contributed by atoms with Crippen molar-refractivity contribution in [2.24, 2.45) is 0 Å². The Hall–Kier alpha value is -2.46. The van der Waals surface area contributed by atoms with Gasteiger partial charge in [-0.25, -0.2) is 0 Å². The molecule has 1 heterocycles. The molecule has 114 valence electrons. The van der Waals surface area contributed by atoms with Crippen LogP contribution >= 0.6 is 0 Å². The van der Waals surface area contributed by atoms with Gasteiger partial charge >= 0.3 is 0 Å². The van der Waals surface area contributed by atoms with Gasteiger partial charge in [-0.05, 0) is 12.1 Å². The van der Waals surface area contributed by atoms with E-state index in [0.717, 1.165) is 34.6 Å². The molecule has 0 aliphatic heterocycles. The van der Waals surface area contributed by atoms with Crippen molar-refractivity contribution in [3.8, 4) is 11.5 Å². The second-order valence-corrected chi connectivity index (χ2v) is 4.92. The number of benzene rings is 2. The van der Waals surface area contributed by atoms with Crippen molar-refractivity contribution in [2.75, 3.05) is 20.3 Å². The summed E-state index contributed by atoms with van der Waals surface area (Å²) in [5.41, 5.74) is 0. The van der Waals surface area contributed by atoms with Crippen molar-refractivity contribution in [1.82, 2.24) is 5.32 Å². The summed E-state index contributed by atoms with van der Waals surface area (Å²) < 4.78 is 16.6. The number of fused-ring (bicyclic) bond motifs is 1. The molecule has 3 aromatic rings. The molecular weight excluding hydrogens is 278 g/mol. The molecule has 3 rings (SSSR count). The van der Waals surface area contributed by atoms with Gasteiger partial charge in [-0.1, -0.05) is 36.4 Å². The zero-order chi connectivity index (χ0) is 15.2. The van der Waals surface area contributed by atoms with Crippen molar-refractivity contribution >= 4 is 10.8 Å². The maximum absolute atomic E-state index is 5.72. The topological polar surface area (TPSA) is 43.6 Å². The SMILES string of the molecule is COc1ccccc1OCCNCc1occ2ccccc12. The largest absolute Gasteiger partial charge is 0.493 e. The molecule has 4 heteroatoms. The highest BCUT2D eigenvalue weighted by atomic mass is 16.5. The van der Waals surface area contributed by atoms with E-state index in [2.05, 4.69) is 11.4 Å². The lowest BCUT2D eigenvalue weighted by Gasteiger charge is -2.10. The fraction of sp³-hybridized carbons (Fsp3) is 0.222. The zero-order valence-electron chi connectivity index (χ0n) is 12.5. The highest BCUT2D eigenvalue weighted by Gasteiger charge is 2.05. The van der Waals surface area contributed by atoms with E-state index in [-0.39, 0.29) is 0 Å². The van der Waals surface area contributed by atoms with Crippen molar-refractivity contribution in [2.45, 2.75) is 6.54 Å². The summed E-state index contributed by atoms with van der Waals surface area (Å²) in [4.78, 5) is 0. The van der Waals surface area contributed by atoms with Gasteiger partial charge in [0.1, 0.15) is 12.4 Å². The van der Waals surface area contributed by atoms with Crippen LogP contribution < -0.4 is 14.8 Å². The monoisotopic (exact) mass is 297 g/mol. The predicted molar refractivity (Wildman–Crippen MR) is 86.4 cm³/mol. The second-order valence-electron chi connectivity index (χ2n) is 4.92. The molecule has 0 amide bonds. The van der Waals surface area contributed by atoms with Crippen LogP contribution in [-0.2, 0) is 6.54 Å². The zero-order valence-corrected chi connectivity index (χ0v) is 12.5. The summed E-state index contributed by atoms with van der Waals surface area (Å²) in [6.45, 7) is 1.98. The molecule has 0 saturated heterocycles. The standard InChI is InChI=1S/C18H19NO3/c1-20-16-8-4-5-9-17(16)21-11-10-19-12-18-15-7-3-2-6-14(15)13-22-18/h2-9,13,19H,10-12H2,1H3. The number of hydrogen-bond donors (Lipinski definition) is 1. The molecule has 0 unspecified atom stereocenters. The van der Waals surface area contributed by atoms with E-state index in [1.54, 1.807) is 13.4 Å². The Kier molecular flexibility index (Phi) is 4.61. The van der Waals surface area contributed by atoms with Gasteiger partial charge in [-0.2, -0.15) is 0 Å². The first-order valence-corrected chi connectivity index (χ1v) is 7.30. The molecule has 0 atom stereocenters. The summed E-state index contributed by atoms with van der Waals surface area (Å²) in [7, 11) is 1.64. The maximum Gasteiger partial charge on any atom is 0.161 e. The lowest BCUT2D eigenvalue weighted by Crippen LogP contribution is -2.20. The summed E-state index contributed by atoms with van der Waals surface area (Å²) >= 11 is 0. The molecule has 0 spiro atoms. The molecule has 0 fully saturated rings. The number of nitrogens with one attached hydrogen (secondary N) is 1. The average molecular weight is 297 g/mol. The van der Waals surface area contributed by atoms with E-state index in [1.165, 1.54) is 0 Å². The van der Waals surface area contributed by atoms with E-state index >= 15 is 0 Å². The van der Waals surface area contributed by atoms with E-state index in [0.29, 0.717) is 13.2 Å². The van der Waals surface area contributed by atoms with Gasteiger partial charge in [0.05, 0.1) is 19.9 Å². The Labute approximate surface area is 129 Å². The number of hydrogen-bond acceptors (Lipinski definition) is 4. The van der Waals surface area contributed by atoms with Crippen LogP contribution in [-0.4, -0.2) is 20.3 Å². The minimum Gasteiger partial charge on any atom is -0.493 e. The first-order valence-electron chi connectivity index (χ1n) is 7.30. The van der Waals surface area contributed by atoms with Crippen LogP contribution in [0.3, 0.4) is 0 Å². The average Bonchev–Trinajstić information content (AvgIpc) is 2.98. The first kappa shape index (κ1) is 14.5. The van der Waals surface area contributed by atoms with Crippen LogP contribution in [0.25, 0.3) is 10.8 Å². The predicted octanol–water partition coefficient (Wildman–Crippen LogP) is 3.61. The lowest BCUT2D eigenvalue weighted by molar-refractivity contribution is 0.290. The van der Waals surface area contributed by atoms with E-state index < -0.39 is 0 Å². The number of furan rings is 1. The third-order valence-electron chi connectivity index (χ3n) is 3.48. The lowest BCUT2D eigenvalue weighted by atomic mass is 10.2. The summed E-state index contributed by atoms with van der Waals surface area (Å²) in [5, 5.41) is 5.61. The molecule has 22 heavy (non-hydrogen) atoms. The van der Waals surface area contributed by atoms with Crippen molar-refractivity contribution in [3.05, 3.63) is 60.6 Å². The van der Waals surface area contributed by atoms with E-state index in [9.17, 15) is 0 Å². The van der Waals surface area contributed by atoms with Crippen LogP contribution in [0.5, 0.6) is 11.5 Å². The molecule has 0 radical (unpaired) electrons. The Morgan fingerprint density at radius 1 is 1.00 bits per heavy atom. The Bertz CT molecular complexity index is 736. The highest BCUT2D eigenvalue weighted by molar-refractivity contribution is 5.83. The maximum atomic E-state index is 5.72.